The van der Waals surface area contributed by atoms with Crippen LogP contribution in [0.1, 0.15) is 28.9 Å². The predicted octanol–water partition coefficient (Wildman–Crippen LogP) is 3.02. The zero-order valence-corrected chi connectivity index (χ0v) is 16.0. The molecule has 1 saturated heterocycles. The Hall–Kier alpha value is -2.11. The fourth-order valence-electron chi connectivity index (χ4n) is 3.38. The maximum absolute atomic E-state index is 12.4. The molecule has 2 heterocycles. The summed E-state index contributed by atoms with van der Waals surface area (Å²) in [6, 6.07) is 7.77. The Balaban J connectivity index is 1.74. The zero-order chi connectivity index (χ0) is 18.7. The molecule has 1 aliphatic heterocycles. The van der Waals surface area contributed by atoms with E-state index in [1.165, 1.54) is 0 Å². The third-order valence-corrected chi connectivity index (χ3v) is 5.41. The number of benzene rings is 1. The van der Waals surface area contributed by atoms with Crippen LogP contribution in [0.4, 0.5) is 0 Å². The van der Waals surface area contributed by atoms with Crippen LogP contribution in [0.2, 0.25) is 5.02 Å². The van der Waals surface area contributed by atoms with E-state index in [1.54, 1.807) is 6.08 Å². The van der Waals surface area contributed by atoms with Gasteiger partial charge in [0.1, 0.15) is 0 Å². The molecule has 1 atom stereocenters. The molecule has 1 aromatic carbocycles. The Morgan fingerprint density at radius 3 is 2.85 bits per heavy atom. The number of hydrogen-bond acceptors (Lipinski definition) is 3. The largest absolute Gasteiger partial charge is 0.339 e. The molecule has 26 heavy (non-hydrogen) atoms. The fourth-order valence-corrected chi connectivity index (χ4v) is 3.57. The van der Waals surface area contributed by atoms with Gasteiger partial charge in [-0.25, -0.2) is 0 Å². The van der Waals surface area contributed by atoms with Crippen LogP contribution in [0.15, 0.2) is 30.3 Å². The molecule has 6 heteroatoms. The van der Waals surface area contributed by atoms with Gasteiger partial charge in [-0.15, -0.1) is 0 Å². The van der Waals surface area contributed by atoms with E-state index < -0.39 is 0 Å². The predicted molar refractivity (Wildman–Crippen MR) is 105 cm³/mol. The van der Waals surface area contributed by atoms with Gasteiger partial charge in [-0.05, 0) is 50.4 Å². The molecular weight excluding hydrogens is 348 g/mol. The van der Waals surface area contributed by atoms with Gasteiger partial charge in [-0.1, -0.05) is 29.8 Å². The van der Waals surface area contributed by atoms with Crippen molar-refractivity contribution in [1.29, 1.82) is 0 Å². The maximum atomic E-state index is 12.4. The van der Waals surface area contributed by atoms with Gasteiger partial charge < -0.3 is 10.6 Å². The Labute approximate surface area is 159 Å². The van der Waals surface area contributed by atoms with Crippen molar-refractivity contribution in [1.82, 2.24) is 14.7 Å². The number of carbonyl (C=O) groups is 1. The van der Waals surface area contributed by atoms with Gasteiger partial charge in [0.25, 0.3) is 0 Å². The van der Waals surface area contributed by atoms with Gasteiger partial charge in [0.05, 0.1) is 12.2 Å². The van der Waals surface area contributed by atoms with Crippen LogP contribution < -0.4 is 5.73 Å². The summed E-state index contributed by atoms with van der Waals surface area (Å²) in [6.07, 6.45) is 4.51. The molecule has 2 N–H and O–H groups in total. The summed E-state index contributed by atoms with van der Waals surface area (Å²) >= 11 is 6.26. The van der Waals surface area contributed by atoms with E-state index in [1.807, 2.05) is 53.8 Å². The van der Waals surface area contributed by atoms with Crippen LogP contribution >= 0.6 is 11.6 Å². The van der Waals surface area contributed by atoms with Crippen LogP contribution in [0.3, 0.4) is 0 Å². The first-order valence-electron chi connectivity index (χ1n) is 8.94. The summed E-state index contributed by atoms with van der Waals surface area (Å²) in [4.78, 5) is 14.3. The highest BCUT2D eigenvalue weighted by molar-refractivity contribution is 6.31. The standard InChI is InChI=1S/C20H25ClN4O/c1-14-18(7-8-20(26)24-10-9-16(11-22)12-24)15(2)25(23-14)13-17-5-3-4-6-19(17)21/h3-8,16H,9-13,22H2,1-2H3/b8-7+. The summed E-state index contributed by atoms with van der Waals surface area (Å²) in [6.45, 7) is 6.76. The van der Waals surface area contributed by atoms with Crippen molar-refractivity contribution in [3.8, 4) is 0 Å². The number of carbonyl (C=O) groups excluding carboxylic acids is 1. The third kappa shape index (κ3) is 4.00. The number of aryl methyl sites for hydroxylation is 1. The van der Waals surface area contributed by atoms with E-state index in [9.17, 15) is 4.79 Å². The topological polar surface area (TPSA) is 64.2 Å². The smallest absolute Gasteiger partial charge is 0.246 e. The van der Waals surface area contributed by atoms with E-state index in [2.05, 4.69) is 5.10 Å². The number of nitrogens with zero attached hydrogens (tertiary/aromatic N) is 3. The quantitative estimate of drug-likeness (QED) is 0.820. The Morgan fingerprint density at radius 2 is 2.15 bits per heavy atom. The second-order valence-electron chi connectivity index (χ2n) is 6.84. The average molecular weight is 373 g/mol. The van der Waals surface area contributed by atoms with Crippen LogP contribution in [0.5, 0.6) is 0 Å². The van der Waals surface area contributed by atoms with Gasteiger partial charge in [-0.2, -0.15) is 5.10 Å². The van der Waals surface area contributed by atoms with Crippen molar-refractivity contribution in [2.24, 2.45) is 11.7 Å². The highest BCUT2D eigenvalue weighted by atomic mass is 35.5. The lowest BCUT2D eigenvalue weighted by atomic mass is 10.1. The first-order valence-corrected chi connectivity index (χ1v) is 9.32. The molecule has 0 aliphatic carbocycles. The molecule has 138 valence electrons. The number of nitrogens with two attached hydrogens (primary N) is 1. The van der Waals surface area contributed by atoms with E-state index in [0.29, 0.717) is 19.0 Å². The van der Waals surface area contributed by atoms with Crippen molar-refractivity contribution in [3.63, 3.8) is 0 Å². The van der Waals surface area contributed by atoms with Crippen molar-refractivity contribution in [2.45, 2.75) is 26.8 Å². The Morgan fingerprint density at radius 1 is 1.38 bits per heavy atom. The minimum atomic E-state index is 0.0404. The summed E-state index contributed by atoms with van der Waals surface area (Å²) in [5.41, 5.74) is 9.64. The molecule has 0 saturated carbocycles. The molecule has 1 aliphatic rings. The summed E-state index contributed by atoms with van der Waals surface area (Å²) in [5.74, 6) is 0.466. The summed E-state index contributed by atoms with van der Waals surface area (Å²) in [5, 5.41) is 5.34. The van der Waals surface area contributed by atoms with Crippen molar-refractivity contribution < 1.29 is 4.79 Å². The number of rotatable bonds is 5. The molecule has 0 bridgehead atoms. The van der Waals surface area contributed by atoms with E-state index in [4.69, 9.17) is 17.3 Å². The Bertz CT molecular complexity index is 827. The minimum absolute atomic E-state index is 0.0404. The first kappa shape index (κ1) is 18.7. The molecule has 5 nitrogen and oxygen atoms in total. The normalized spacial score (nSPS) is 17.4. The molecule has 3 rings (SSSR count). The Kier molecular flexibility index (Phi) is 5.79. The molecule has 1 fully saturated rings. The van der Waals surface area contributed by atoms with Crippen LogP contribution in [-0.4, -0.2) is 40.2 Å². The lowest BCUT2D eigenvalue weighted by Gasteiger charge is -2.13. The van der Waals surface area contributed by atoms with Gasteiger partial charge >= 0.3 is 0 Å². The van der Waals surface area contributed by atoms with Gasteiger partial charge in [0.15, 0.2) is 0 Å². The van der Waals surface area contributed by atoms with E-state index >= 15 is 0 Å². The number of halogens is 1. The lowest BCUT2D eigenvalue weighted by Crippen LogP contribution is -2.28. The maximum Gasteiger partial charge on any atom is 0.246 e. The van der Waals surface area contributed by atoms with E-state index in [0.717, 1.165) is 47.0 Å². The fraction of sp³-hybridized carbons (Fsp3) is 0.400. The second-order valence-corrected chi connectivity index (χ2v) is 7.25. The van der Waals surface area contributed by atoms with E-state index in [-0.39, 0.29) is 5.91 Å². The molecule has 0 spiro atoms. The van der Waals surface area contributed by atoms with Crippen molar-refractivity contribution in [2.75, 3.05) is 19.6 Å². The van der Waals surface area contributed by atoms with Gasteiger partial charge in [0, 0.05) is 35.4 Å². The molecule has 1 amide bonds. The van der Waals surface area contributed by atoms with Crippen LogP contribution in [-0.2, 0) is 11.3 Å². The second kappa shape index (κ2) is 8.06. The highest BCUT2D eigenvalue weighted by Crippen LogP contribution is 2.21. The molecule has 1 aromatic heterocycles. The molecule has 2 aromatic rings. The SMILES string of the molecule is Cc1nn(Cc2ccccc2Cl)c(C)c1/C=C/C(=O)N1CCC(CN)C1. The lowest BCUT2D eigenvalue weighted by molar-refractivity contribution is -0.125. The number of hydrogen-bond donors (Lipinski definition) is 1. The highest BCUT2D eigenvalue weighted by Gasteiger charge is 2.23. The average Bonchev–Trinajstić information content (AvgIpc) is 3.21. The third-order valence-electron chi connectivity index (χ3n) is 5.04. The summed E-state index contributed by atoms with van der Waals surface area (Å²) < 4.78 is 1.93. The van der Waals surface area contributed by atoms with Crippen molar-refractivity contribution >= 4 is 23.6 Å². The number of likely N-dealkylation sites (tertiary alicyclic amines) is 1. The molecule has 1 unspecified atom stereocenters. The molecular formula is C20H25ClN4O. The summed E-state index contributed by atoms with van der Waals surface area (Å²) in [7, 11) is 0. The van der Waals surface area contributed by atoms with Crippen molar-refractivity contribution in [3.05, 3.63) is 57.9 Å². The van der Waals surface area contributed by atoms with Crippen LogP contribution in [0, 0.1) is 19.8 Å². The van der Waals surface area contributed by atoms with Gasteiger partial charge in [-0.3, -0.25) is 9.48 Å². The number of amides is 1. The first-order chi connectivity index (χ1) is 12.5. The molecule has 0 radical (unpaired) electrons. The van der Waals surface area contributed by atoms with Crippen LogP contribution in [0.25, 0.3) is 6.08 Å². The zero-order valence-electron chi connectivity index (χ0n) is 15.3. The minimum Gasteiger partial charge on any atom is -0.339 e. The number of aromatic nitrogens is 2. The van der Waals surface area contributed by atoms with Gasteiger partial charge in [0.2, 0.25) is 5.91 Å². The monoisotopic (exact) mass is 372 g/mol.